The van der Waals surface area contributed by atoms with Gasteiger partial charge in [0.25, 0.3) is 0 Å². The summed E-state index contributed by atoms with van der Waals surface area (Å²) >= 11 is 5.86. The van der Waals surface area contributed by atoms with Gasteiger partial charge in [-0.25, -0.2) is 0 Å². The Morgan fingerprint density at radius 3 is 2.55 bits per heavy atom. The quantitative estimate of drug-likeness (QED) is 0.703. The molecule has 29 heavy (non-hydrogen) atoms. The Hall–Kier alpha value is -1.70. The fourth-order valence-electron chi connectivity index (χ4n) is 4.15. The number of hydrogen-bond donors (Lipinski definition) is 2. The van der Waals surface area contributed by atoms with Gasteiger partial charge >= 0.3 is 0 Å². The molecule has 2 fully saturated rings. The molecule has 2 heterocycles. The summed E-state index contributed by atoms with van der Waals surface area (Å²) in [4.78, 5) is 17.6. The number of carbonyl (C=O) groups excluding carboxylic acids is 1. The van der Waals surface area contributed by atoms with Crippen LogP contribution in [0.2, 0.25) is 0 Å². The lowest BCUT2D eigenvalue weighted by Crippen LogP contribution is -3.14. The highest BCUT2D eigenvalue weighted by Gasteiger charge is 2.28. The van der Waals surface area contributed by atoms with Gasteiger partial charge in [-0.2, -0.15) is 0 Å². The molecule has 0 aliphatic carbocycles. The largest absolute Gasteiger partial charge is 0.370 e. The summed E-state index contributed by atoms with van der Waals surface area (Å²) in [6.07, 6.45) is 1.93. The number of morpholine rings is 1. The van der Waals surface area contributed by atoms with Crippen LogP contribution in [0.5, 0.6) is 0 Å². The lowest BCUT2D eigenvalue weighted by atomic mass is 10.0. The van der Waals surface area contributed by atoms with Crippen molar-refractivity contribution in [3.63, 3.8) is 0 Å². The van der Waals surface area contributed by atoms with E-state index in [1.54, 1.807) is 11.8 Å². The van der Waals surface area contributed by atoms with E-state index in [1.807, 2.05) is 4.90 Å². The molecule has 7 heteroatoms. The Morgan fingerprint density at radius 2 is 1.93 bits per heavy atom. The minimum atomic E-state index is 0.170. The van der Waals surface area contributed by atoms with E-state index < -0.39 is 0 Å². The fourth-order valence-corrected chi connectivity index (χ4v) is 4.50. The molecule has 160 valence electrons. The van der Waals surface area contributed by atoms with Gasteiger partial charge < -0.3 is 24.8 Å². The number of benzene rings is 1. The van der Waals surface area contributed by atoms with Crippen LogP contribution in [0, 0.1) is 13.8 Å². The van der Waals surface area contributed by atoms with Crippen LogP contribution in [0.3, 0.4) is 0 Å². The van der Waals surface area contributed by atoms with E-state index in [2.05, 4.69) is 42.3 Å². The number of piperidine rings is 1. The number of carbonyl (C=O) groups is 1. The summed E-state index contributed by atoms with van der Waals surface area (Å²) in [5, 5.41) is 4.27. The van der Waals surface area contributed by atoms with Crippen LogP contribution in [0.4, 0.5) is 5.69 Å². The minimum Gasteiger partial charge on any atom is -0.370 e. The second kappa shape index (κ2) is 10.4. The number of ether oxygens (including phenoxy) is 1. The maximum absolute atomic E-state index is 11.7. The van der Waals surface area contributed by atoms with Gasteiger partial charge in [0, 0.05) is 31.7 Å². The number of nitrogens with zero attached hydrogens (tertiary/aromatic N) is 2. The van der Waals surface area contributed by atoms with Crippen molar-refractivity contribution < 1.29 is 14.4 Å². The summed E-state index contributed by atoms with van der Waals surface area (Å²) in [6, 6.07) is 6.76. The molecule has 0 radical (unpaired) electrons. The maximum Gasteiger partial charge on any atom is 0.219 e. The van der Waals surface area contributed by atoms with E-state index in [9.17, 15) is 4.79 Å². The molecule has 0 saturated carbocycles. The van der Waals surface area contributed by atoms with Gasteiger partial charge in [-0.05, 0) is 62.2 Å². The van der Waals surface area contributed by atoms with E-state index >= 15 is 0 Å². The molecule has 2 N–H and O–H groups in total. The Bertz CT molecular complexity index is 713. The van der Waals surface area contributed by atoms with Crippen molar-refractivity contribution in [2.45, 2.75) is 39.7 Å². The molecule has 3 rings (SSSR count). The van der Waals surface area contributed by atoms with Gasteiger partial charge in [0.1, 0.15) is 13.1 Å². The van der Waals surface area contributed by atoms with E-state index in [1.165, 1.54) is 11.1 Å². The highest BCUT2D eigenvalue weighted by molar-refractivity contribution is 7.80. The van der Waals surface area contributed by atoms with Crippen LogP contribution in [0.1, 0.15) is 30.9 Å². The predicted octanol–water partition coefficient (Wildman–Crippen LogP) is 1.23. The third kappa shape index (κ3) is 6.14. The number of rotatable bonds is 5. The highest BCUT2D eigenvalue weighted by Crippen LogP contribution is 2.19. The van der Waals surface area contributed by atoms with E-state index in [0.717, 1.165) is 76.1 Å². The first-order valence-electron chi connectivity index (χ1n) is 10.8. The second-order valence-corrected chi connectivity index (χ2v) is 8.66. The molecule has 1 aromatic rings. The zero-order valence-corrected chi connectivity index (χ0v) is 18.8. The third-order valence-electron chi connectivity index (χ3n) is 6.28. The minimum absolute atomic E-state index is 0.170. The Kier molecular flexibility index (Phi) is 7.86. The number of nitrogens with one attached hydrogen (secondary N) is 2. The first-order valence-corrected chi connectivity index (χ1v) is 11.2. The van der Waals surface area contributed by atoms with Crippen LogP contribution >= 0.6 is 12.2 Å². The van der Waals surface area contributed by atoms with Crippen LogP contribution in [-0.4, -0.2) is 79.3 Å². The molecule has 0 unspecified atom stereocenters. The number of aryl methyl sites for hydroxylation is 2. The third-order valence-corrected chi connectivity index (χ3v) is 6.61. The van der Waals surface area contributed by atoms with Crippen molar-refractivity contribution >= 4 is 28.9 Å². The van der Waals surface area contributed by atoms with Gasteiger partial charge in [-0.15, -0.1) is 0 Å². The lowest BCUT2D eigenvalue weighted by Gasteiger charge is -2.40. The molecule has 2 aliphatic rings. The first kappa shape index (κ1) is 22.0. The number of anilines is 1. The first-order chi connectivity index (χ1) is 13.9. The number of thiocarbonyl (C=S) groups is 1. The van der Waals surface area contributed by atoms with Crippen molar-refractivity contribution in [1.29, 1.82) is 0 Å². The molecule has 0 bridgehead atoms. The number of likely N-dealkylation sites (tertiary alicyclic amines) is 1. The monoisotopic (exact) mass is 419 g/mol. The van der Waals surface area contributed by atoms with Crippen molar-refractivity contribution in [3.05, 3.63) is 29.3 Å². The molecule has 6 nitrogen and oxygen atoms in total. The molecular formula is C22H35N4O2S+. The number of amides is 1. The topological polar surface area (TPSA) is 49.3 Å². The summed E-state index contributed by atoms with van der Waals surface area (Å²) in [6.45, 7) is 13.3. The SMILES string of the molecule is CC(=O)N1CCC(N(CC[NH+]2CCOCC2)C(=S)Nc2ccc(C)c(C)c2)CC1. The van der Waals surface area contributed by atoms with Crippen LogP contribution < -0.4 is 10.2 Å². The molecule has 1 amide bonds. The van der Waals surface area contributed by atoms with Crippen LogP contribution in [0.15, 0.2) is 18.2 Å². The summed E-state index contributed by atoms with van der Waals surface area (Å²) < 4.78 is 5.49. The second-order valence-electron chi connectivity index (χ2n) is 8.27. The molecular weight excluding hydrogens is 384 g/mol. The molecule has 2 aliphatic heterocycles. The summed E-state index contributed by atoms with van der Waals surface area (Å²) in [7, 11) is 0. The van der Waals surface area contributed by atoms with E-state index in [-0.39, 0.29) is 5.91 Å². The van der Waals surface area contributed by atoms with Gasteiger partial charge in [-0.1, -0.05) is 6.07 Å². The average Bonchev–Trinajstić information content (AvgIpc) is 2.72. The molecule has 0 spiro atoms. The van der Waals surface area contributed by atoms with Gasteiger partial charge in [0.05, 0.1) is 26.3 Å². The highest BCUT2D eigenvalue weighted by atomic mass is 32.1. The molecule has 1 aromatic carbocycles. The smallest absolute Gasteiger partial charge is 0.219 e. The summed E-state index contributed by atoms with van der Waals surface area (Å²) in [5.74, 6) is 0.170. The van der Waals surface area contributed by atoms with E-state index in [4.69, 9.17) is 17.0 Å². The molecule has 0 atom stereocenters. The zero-order chi connectivity index (χ0) is 20.8. The number of hydrogen-bond acceptors (Lipinski definition) is 3. The van der Waals surface area contributed by atoms with Crippen molar-refractivity contribution in [2.75, 3.05) is 57.8 Å². The van der Waals surface area contributed by atoms with Crippen molar-refractivity contribution in [3.8, 4) is 0 Å². The predicted molar refractivity (Wildman–Crippen MR) is 121 cm³/mol. The summed E-state index contributed by atoms with van der Waals surface area (Å²) in [5.41, 5.74) is 3.59. The maximum atomic E-state index is 11.7. The fraction of sp³-hybridized carbons (Fsp3) is 0.636. The Labute approximate surface area is 180 Å². The van der Waals surface area contributed by atoms with Gasteiger partial charge in [0.2, 0.25) is 5.91 Å². The average molecular weight is 420 g/mol. The normalized spacial score (nSPS) is 18.5. The molecule has 0 aromatic heterocycles. The van der Waals surface area contributed by atoms with Gasteiger partial charge in [-0.3, -0.25) is 4.79 Å². The van der Waals surface area contributed by atoms with Crippen molar-refractivity contribution in [2.24, 2.45) is 0 Å². The van der Waals surface area contributed by atoms with Gasteiger partial charge in [0.15, 0.2) is 5.11 Å². The van der Waals surface area contributed by atoms with Crippen LogP contribution in [-0.2, 0) is 9.53 Å². The van der Waals surface area contributed by atoms with E-state index in [0.29, 0.717) is 6.04 Å². The standard InChI is InChI=1S/C22H34N4O2S/c1-17-4-5-20(16-18(17)2)23-22(29)26(11-10-24-12-14-28-15-13-24)21-6-8-25(9-7-21)19(3)27/h4-5,16,21H,6-15H2,1-3H3,(H,23,29)/p+1. The Balaban J connectivity index is 1.66. The lowest BCUT2D eigenvalue weighted by molar-refractivity contribution is -0.907. The van der Waals surface area contributed by atoms with Crippen molar-refractivity contribution in [1.82, 2.24) is 9.80 Å². The Morgan fingerprint density at radius 1 is 1.24 bits per heavy atom. The zero-order valence-electron chi connectivity index (χ0n) is 18.0. The molecule has 2 saturated heterocycles. The van der Waals surface area contributed by atoms with Crippen LogP contribution in [0.25, 0.3) is 0 Å². The number of quaternary nitrogens is 1.